The van der Waals surface area contributed by atoms with Gasteiger partial charge in [0.25, 0.3) is 10.1 Å². The third kappa shape index (κ3) is 3.59. The predicted molar refractivity (Wildman–Crippen MR) is 77.3 cm³/mol. The number of nitrogens with zero attached hydrogens (tertiary/aromatic N) is 3. The van der Waals surface area contributed by atoms with E-state index in [1.807, 2.05) is 6.19 Å². The maximum Gasteiger partial charge on any atom is 0.296 e. The highest BCUT2D eigenvalue weighted by atomic mass is 32.2. The lowest BCUT2D eigenvalue weighted by Crippen LogP contribution is -2.06. The average Bonchev–Trinajstić information content (AvgIpc) is 2.70. The second kappa shape index (κ2) is 6.39. The largest absolute Gasteiger partial charge is 0.351 e. The Labute approximate surface area is 122 Å². The molecular formula is C13H15N3O4S. The van der Waals surface area contributed by atoms with Gasteiger partial charge in [-0.2, -0.15) is 13.7 Å². The molecule has 1 amide bonds. The molecule has 21 heavy (non-hydrogen) atoms. The van der Waals surface area contributed by atoms with Crippen molar-refractivity contribution in [1.82, 2.24) is 9.47 Å². The summed E-state index contributed by atoms with van der Waals surface area (Å²) in [4.78, 5) is 10.7. The Hall–Kier alpha value is -2.37. The number of carbonyl (C=O) groups excluding carboxylic acids is 1. The standard InChI is InChI=1S/C10H8N2O3S.C3H7NO/c1-7-10(16(13,14)15)8-4-2-3-5-9(8)12(7)6-11;1-4(2)3-5/h2-5H,1H3,(H,13,14,15);3H,1-2H3. The van der Waals surface area contributed by atoms with Crippen LogP contribution < -0.4 is 0 Å². The zero-order valence-electron chi connectivity index (χ0n) is 11.8. The molecule has 0 atom stereocenters. The Kier molecular flexibility index (Phi) is 5.07. The maximum atomic E-state index is 11.2. The van der Waals surface area contributed by atoms with Crippen LogP contribution in [0.5, 0.6) is 0 Å². The van der Waals surface area contributed by atoms with E-state index in [0.717, 1.165) is 6.41 Å². The first-order chi connectivity index (χ1) is 9.73. The molecule has 1 aromatic carbocycles. The van der Waals surface area contributed by atoms with Crippen LogP contribution >= 0.6 is 0 Å². The first kappa shape index (κ1) is 16.7. The number of hydrogen-bond donors (Lipinski definition) is 1. The molecule has 2 aromatic rings. The molecule has 0 spiro atoms. The van der Waals surface area contributed by atoms with Gasteiger partial charge in [-0.3, -0.25) is 13.9 Å². The van der Waals surface area contributed by atoms with Crippen LogP contribution in [0.3, 0.4) is 0 Å². The summed E-state index contributed by atoms with van der Waals surface area (Å²) in [5, 5.41) is 9.28. The fourth-order valence-corrected chi connectivity index (χ4v) is 2.71. The smallest absolute Gasteiger partial charge is 0.296 e. The van der Waals surface area contributed by atoms with Crippen LogP contribution in [0.4, 0.5) is 0 Å². The van der Waals surface area contributed by atoms with E-state index in [-0.39, 0.29) is 10.6 Å². The van der Waals surface area contributed by atoms with E-state index in [9.17, 15) is 13.2 Å². The second-order valence-corrected chi connectivity index (χ2v) is 5.77. The van der Waals surface area contributed by atoms with Gasteiger partial charge in [-0.05, 0) is 13.0 Å². The van der Waals surface area contributed by atoms with Crippen molar-refractivity contribution in [3.8, 4) is 6.19 Å². The fraction of sp³-hybridized carbons (Fsp3) is 0.231. The van der Waals surface area contributed by atoms with Crippen LogP contribution in [-0.4, -0.2) is 42.9 Å². The van der Waals surface area contributed by atoms with Crippen LogP contribution in [-0.2, 0) is 14.9 Å². The highest BCUT2D eigenvalue weighted by Crippen LogP contribution is 2.28. The Morgan fingerprint density at radius 3 is 2.29 bits per heavy atom. The van der Waals surface area contributed by atoms with Crippen molar-refractivity contribution in [3.63, 3.8) is 0 Å². The molecule has 0 aliphatic carbocycles. The third-order valence-corrected chi connectivity index (χ3v) is 3.65. The van der Waals surface area contributed by atoms with Crippen molar-refractivity contribution >= 4 is 27.4 Å². The molecule has 7 nitrogen and oxygen atoms in total. The molecule has 0 aliphatic heterocycles. The molecule has 112 valence electrons. The first-order valence-corrected chi connectivity index (χ1v) is 7.27. The number of nitriles is 1. The normalized spacial score (nSPS) is 10.4. The van der Waals surface area contributed by atoms with E-state index >= 15 is 0 Å². The topological polar surface area (TPSA) is 103 Å². The summed E-state index contributed by atoms with van der Waals surface area (Å²) < 4.78 is 32.8. The molecule has 1 heterocycles. The SMILES string of the molecule is CN(C)C=O.Cc1c(S(=O)(=O)O)c2ccccc2n1C#N. The lowest BCUT2D eigenvalue weighted by Gasteiger charge is -1.95. The molecule has 1 aromatic heterocycles. The third-order valence-electron chi connectivity index (χ3n) is 2.62. The van der Waals surface area contributed by atoms with Gasteiger partial charge < -0.3 is 4.90 Å². The monoisotopic (exact) mass is 309 g/mol. The molecule has 1 N–H and O–H groups in total. The number of para-hydroxylation sites is 1. The van der Waals surface area contributed by atoms with Crippen molar-refractivity contribution in [3.05, 3.63) is 30.0 Å². The van der Waals surface area contributed by atoms with E-state index in [2.05, 4.69) is 0 Å². The van der Waals surface area contributed by atoms with Crippen molar-refractivity contribution in [2.75, 3.05) is 14.1 Å². The zero-order chi connectivity index (χ0) is 16.2. The Balaban J connectivity index is 0.000000383. The van der Waals surface area contributed by atoms with Gasteiger partial charge in [0.15, 0.2) is 6.19 Å². The summed E-state index contributed by atoms with van der Waals surface area (Å²) >= 11 is 0. The van der Waals surface area contributed by atoms with Gasteiger partial charge in [0, 0.05) is 19.5 Å². The summed E-state index contributed by atoms with van der Waals surface area (Å²) in [6.45, 7) is 1.48. The maximum absolute atomic E-state index is 11.2. The van der Waals surface area contributed by atoms with E-state index < -0.39 is 10.1 Å². The Morgan fingerprint density at radius 1 is 1.33 bits per heavy atom. The molecule has 0 fully saturated rings. The summed E-state index contributed by atoms with van der Waals surface area (Å²) in [6.07, 6.45) is 2.62. The number of fused-ring (bicyclic) bond motifs is 1. The number of hydrogen-bond acceptors (Lipinski definition) is 4. The number of benzene rings is 1. The van der Waals surface area contributed by atoms with E-state index in [4.69, 9.17) is 9.81 Å². The summed E-state index contributed by atoms with van der Waals surface area (Å²) in [5.41, 5.74) is 0.682. The number of amides is 1. The van der Waals surface area contributed by atoms with Crippen LogP contribution in [0, 0.1) is 18.4 Å². The quantitative estimate of drug-likeness (QED) is 0.664. The fourth-order valence-electron chi connectivity index (χ4n) is 1.79. The molecule has 8 heteroatoms. The minimum atomic E-state index is -4.32. The lowest BCUT2D eigenvalue weighted by molar-refractivity contribution is -0.115. The summed E-state index contributed by atoms with van der Waals surface area (Å²) in [7, 11) is -0.946. The Morgan fingerprint density at radius 2 is 1.86 bits per heavy atom. The average molecular weight is 309 g/mol. The van der Waals surface area contributed by atoms with Gasteiger partial charge in [0.1, 0.15) is 4.90 Å². The second-order valence-electron chi connectivity index (χ2n) is 4.41. The van der Waals surface area contributed by atoms with E-state index in [0.29, 0.717) is 10.9 Å². The highest BCUT2D eigenvalue weighted by molar-refractivity contribution is 7.86. The van der Waals surface area contributed by atoms with Gasteiger partial charge in [0.05, 0.1) is 11.2 Å². The molecule has 0 saturated heterocycles. The molecule has 0 unspecified atom stereocenters. The minimum absolute atomic E-state index is 0.204. The van der Waals surface area contributed by atoms with Crippen LogP contribution in [0.1, 0.15) is 5.69 Å². The van der Waals surface area contributed by atoms with Crippen molar-refractivity contribution < 1.29 is 17.8 Å². The predicted octanol–water partition coefficient (Wildman–Crippen LogP) is 1.23. The van der Waals surface area contributed by atoms with E-state index in [1.54, 1.807) is 38.4 Å². The molecule has 0 bridgehead atoms. The minimum Gasteiger partial charge on any atom is -0.351 e. The number of rotatable bonds is 2. The van der Waals surface area contributed by atoms with E-state index in [1.165, 1.54) is 16.4 Å². The van der Waals surface area contributed by atoms with Gasteiger partial charge in [0.2, 0.25) is 6.41 Å². The summed E-state index contributed by atoms with van der Waals surface area (Å²) in [6, 6.07) is 6.53. The Bertz CT molecular complexity index is 801. The molecular weight excluding hydrogens is 294 g/mol. The van der Waals surface area contributed by atoms with Crippen LogP contribution in [0.15, 0.2) is 29.2 Å². The molecule has 0 aliphatic rings. The van der Waals surface area contributed by atoms with Crippen molar-refractivity contribution in [1.29, 1.82) is 5.26 Å². The van der Waals surface area contributed by atoms with Crippen LogP contribution in [0.2, 0.25) is 0 Å². The van der Waals surface area contributed by atoms with Crippen LogP contribution in [0.25, 0.3) is 10.9 Å². The van der Waals surface area contributed by atoms with Gasteiger partial charge in [-0.1, -0.05) is 18.2 Å². The summed E-state index contributed by atoms with van der Waals surface area (Å²) in [5.74, 6) is 0. The van der Waals surface area contributed by atoms with Crippen molar-refractivity contribution in [2.45, 2.75) is 11.8 Å². The van der Waals surface area contributed by atoms with Gasteiger partial charge in [-0.15, -0.1) is 0 Å². The highest BCUT2D eigenvalue weighted by Gasteiger charge is 2.22. The van der Waals surface area contributed by atoms with Crippen molar-refractivity contribution in [2.24, 2.45) is 0 Å². The zero-order valence-corrected chi connectivity index (χ0v) is 12.6. The molecule has 0 radical (unpaired) electrons. The molecule has 0 saturated carbocycles. The van der Waals surface area contributed by atoms with Gasteiger partial charge in [-0.25, -0.2) is 0 Å². The number of aromatic nitrogens is 1. The van der Waals surface area contributed by atoms with Gasteiger partial charge >= 0.3 is 0 Å². The lowest BCUT2D eigenvalue weighted by atomic mass is 10.2. The number of carbonyl (C=O) groups is 1. The molecule has 2 rings (SSSR count). The first-order valence-electron chi connectivity index (χ1n) is 5.83.